The van der Waals surface area contributed by atoms with Crippen molar-refractivity contribution in [2.75, 3.05) is 31.6 Å². The average molecular weight is 342 g/mol. The summed E-state index contributed by atoms with van der Waals surface area (Å²) in [5.41, 5.74) is 1.50. The van der Waals surface area contributed by atoms with Crippen LogP contribution in [0.1, 0.15) is 29.8 Å². The van der Waals surface area contributed by atoms with E-state index in [0.717, 1.165) is 19.6 Å². The zero-order chi connectivity index (χ0) is 18.2. The first-order valence-corrected chi connectivity index (χ1v) is 8.60. The van der Waals surface area contributed by atoms with Crippen LogP contribution in [0.5, 0.6) is 11.5 Å². The minimum absolute atomic E-state index is 0.0000621. The molecule has 0 fully saturated rings. The predicted octanol–water partition coefficient (Wildman–Crippen LogP) is 3.67. The molecule has 1 amide bonds. The van der Waals surface area contributed by atoms with E-state index in [9.17, 15) is 9.90 Å². The molecule has 5 nitrogen and oxygen atoms in total. The Balaban J connectivity index is 2.07. The van der Waals surface area contributed by atoms with Gasteiger partial charge in [-0.2, -0.15) is 0 Å². The minimum atomic E-state index is -0.360. The fraction of sp³-hybridized carbons (Fsp3) is 0.350. The lowest BCUT2D eigenvalue weighted by molar-refractivity contribution is 0.102. The number of aromatic hydroxyl groups is 1. The highest BCUT2D eigenvalue weighted by molar-refractivity contribution is 6.07. The predicted molar refractivity (Wildman–Crippen MR) is 101 cm³/mol. The summed E-state index contributed by atoms with van der Waals surface area (Å²) in [6.07, 6.45) is 0. The second-order valence-electron chi connectivity index (χ2n) is 5.80. The maximum Gasteiger partial charge on any atom is 0.259 e. The third-order valence-corrected chi connectivity index (χ3v) is 4.18. The van der Waals surface area contributed by atoms with Gasteiger partial charge in [-0.3, -0.25) is 4.79 Å². The standard InChI is InChI=1S/C20H26N2O3/c1-4-22(5-2)13-14-25-18-12-7-6-11-17(18)21-20(24)16-10-8-9-15(3)19(16)23/h6-12,23H,4-5,13-14H2,1-3H3,(H,21,24). The Morgan fingerprint density at radius 3 is 2.56 bits per heavy atom. The van der Waals surface area contributed by atoms with Crippen molar-refractivity contribution in [1.29, 1.82) is 0 Å². The van der Waals surface area contributed by atoms with E-state index in [1.807, 2.05) is 18.2 Å². The number of aryl methyl sites for hydroxylation is 1. The van der Waals surface area contributed by atoms with Gasteiger partial charge < -0.3 is 20.1 Å². The van der Waals surface area contributed by atoms with E-state index in [4.69, 9.17) is 4.74 Å². The Hall–Kier alpha value is -2.53. The number of anilines is 1. The summed E-state index contributed by atoms with van der Waals surface area (Å²) in [6, 6.07) is 12.4. The number of phenols is 1. The lowest BCUT2D eigenvalue weighted by Gasteiger charge is -2.19. The third kappa shape index (κ3) is 4.97. The molecule has 0 heterocycles. The van der Waals surface area contributed by atoms with Gasteiger partial charge in [0.25, 0.3) is 5.91 Å². The van der Waals surface area contributed by atoms with Crippen LogP contribution in [-0.4, -0.2) is 42.2 Å². The Kier molecular flexibility index (Phi) is 6.83. The lowest BCUT2D eigenvalue weighted by atomic mass is 10.1. The number of nitrogens with one attached hydrogen (secondary N) is 1. The number of phenolic OH excluding ortho intramolecular Hbond substituents is 1. The molecule has 0 saturated heterocycles. The quantitative estimate of drug-likeness (QED) is 0.768. The number of carbonyl (C=O) groups excluding carboxylic acids is 1. The second kappa shape index (κ2) is 9.08. The summed E-state index contributed by atoms with van der Waals surface area (Å²) in [5, 5.41) is 12.9. The van der Waals surface area contributed by atoms with Gasteiger partial charge in [0.2, 0.25) is 0 Å². The van der Waals surface area contributed by atoms with Crippen molar-refractivity contribution >= 4 is 11.6 Å². The molecule has 2 N–H and O–H groups in total. The number of hydrogen-bond acceptors (Lipinski definition) is 4. The highest BCUT2D eigenvalue weighted by Gasteiger charge is 2.14. The van der Waals surface area contributed by atoms with E-state index in [-0.39, 0.29) is 17.2 Å². The first-order chi connectivity index (χ1) is 12.1. The minimum Gasteiger partial charge on any atom is -0.507 e. The van der Waals surface area contributed by atoms with Crippen LogP contribution in [0.25, 0.3) is 0 Å². The highest BCUT2D eigenvalue weighted by Crippen LogP contribution is 2.27. The molecule has 2 rings (SSSR count). The molecule has 0 unspecified atom stereocenters. The Morgan fingerprint density at radius 1 is 1.12 bits per heavy atom. The Bertz CT molecular complexity index is 712. The van der Waals surface area contributed by atoms with Crippen LogP contribution >= 0.6 is 0 Å². The van der Waals surface area contributed by atoms with Gasteiger partial charge in [-0.15, -0.1) is 0 Å². The summed E-state index contributed by atoms with van der Waals surface area (Å²) in [6.45, 7) is 9.32. The van der Waals surface area contributed by atoms with Gasteiger partial charge in [0.05, 0.1) is 11.3 Å². The van der Waals surface area contributed by atoms with Gasteiger partial charge in [0, 0.05) is 6.54 Å². The molecule has 134 valence electrons. The normalized spacial score (nSPS) is 10.7. The highest BCUT2D eigenvalue weighted by atomic mass is 16.5. The summed E-state index contributed by atoms with van der Waals surface area (Å²) in [5.74, 6) is 0.260. The monoisotopic (exact) mass is 342 g/mol. The van der Waals surface area contributed by atoms with Crippen LogP contribution in [0.3, 0.4) is 0 Å². The molecular formula is C20H26N2O3. The van der Waals surface area contributed by atoms with Gasteiger partial charge in [-0.1, -0.05) is 38.1 Å². The van der Waals surface area contributed by atoms with Crippen molar-refractivity contribution in [2.24, 2.45) is 0 Å². The molecule has 0 aliphatic rings. The SMILES string of the molecule is CCN(CC)CCOc1ccccc1NC(=O)c1cccc(C)c1O. The summed E-state index contributed by atoms with van der Waals surface area (Å²) < 4.78 is 5.84. The largest absolute Gasteiger partial charge is 0.507 e. The Labute approximate surface area is 149 Å². The number of benzene rings is 2. The number of ether oxygens (including phenoxy) is 1. The number of carbonyl (C=O) groups is 1. The number of para-hydroxylation sites is 3. The molecule has 0 atom stereocenters. The van der Waals surface area contributed by atoms with Crippen LogP contribution in [0.4, 0.5) is 5.69 Å². The third-order valence-electron chi connectivity index (χ3n) is 4.18. The van der Waals surface area contributed by atoms with E-state index < -0.39 is 0 Å². The summed E-state index contributed by atoms with van der Waals surface area (Å²) >= 11 is 0. The fourth-order valence-corrected chi connectivity index (χ4v) is 2.55. The van der Waals surface area contributed by atoms with Crippen LogP contribution in [0, 0.1) is 6.92 Å². The maximum atomic E-state index is 12.5. The van der Waals surface area contributed by atoms with Gasteiger partial charge in [-0.25, -0.2) is 0 Å². The molecule has 0 aliphatic carbocycles. The number of hydrogen-bond donors (Lipinski definition) is 2. The molecule has 0 radical (unpaired) electrons. The molecule has 2 aromatic rings. The van der Waals surface area contributed by atoms with Crippen molar-refractivity contribution in [3.8, 4) is 11.5 Å². The molecule has 2 aromatic carbocycles. The van der Waals surface area contributed by atoms with Gasteiger partial charge in [0.1, 0.15) is 18.1 Å². The zero-order valence-corrected chi connectivity index (χ0v) is 15.1. The molecule has 0 aromatic heterocycles. The lowest BCUT2D eigenvalue weighted by Crippen LogP contribution is -2.28. The zero-order valence-electron chi connectivity index (χ0n) is 15.1. The smallest absolute Gasteiger partial charge is 0.259 e. The first kappa shape index (κ1) is 18.8. The number of amides is 1. The van der Waals surface area contributed by atoms with E-state index in [0.29, 0.717) is 23.6 Å². The van der Waals surface area contributed by atoms with E-state index in [1.54, 1.807) is 31.2 Å². The molecule has 0 spiro atoms. The van der Waals surface area contributed by atoms with Crippen molar-refractivity contribution in [3.05, 3.63) is 53.6 Å². The van der Waals surface area contributed by atoms with E-state index in [2.05, 4.69) is 24.1 Å². The topological polar surface area (TPSA) is 61.8 Å². The van der Waals surface area contributed by atoms with Crippen LogP contribution in [0.15, 0.2) is 42.5 Å². The Morgan fingerprint density at radius 2 is 1.84 bits per heavy atom. The van der Waals surface area contributed by atoms with Gasteiger partial charge >= 0.3 is 0 Å². The van der Waals surface area contributed by atoms with E-state index in [1.165, 1.54) is 0 Å². The van der Waals surface area contributed by atoms with Crippen molar-refractivity contribution in [2.45, 2.75) is 20.8 Å². The van der Waals surface area contributed by atoms with Gasteiger partial charge in [-0.05, 0) is 43.8 Å². The second-order valence-corrected chi connectivity index (χ2v) is 5.80. The molecule has 0 aliphatic heterocycles. The van der Waals surface area contributed by atoms with Gasteiger partial charge in [0.15, 0.2) is 0 Å². The summed E-state index contributed by atoms with van der Waals surface area (Å²) in [4.78, 5) is 14.7. The molecular weight excluding hydrogens is 316 g/mol. The van der Waals surface area contributed by atoms with Crippen molar-refractivity contribution in [1.82, 2.24) is 4.90 Å². The number of likely N-dealkylation sites (N-methyl/N-ethyl adjacent to an activating group) is 1. The van der Waals surface area contributed by atoms with Crippen LogP contribution in [0.2, 0.25) is 0 Å². The maximum absolute atomic E-state index is 12.5. The number of nitrogens with zero attached hydrogens (tertiary/aromatic N) is 1. The first-order valence-electron chi connectivity index (χ1n) is 8.60. The summed E-state index contributed by atoms with van der Waals surface area (Å²) in [7, 11) is 0. The van der Waals surface area contributed by atoms with Crippen LogP contribution < -0.4 is 10.1 Å². The van der Waals surface area contributed by atoms with Crippen LogP contribution in [-0.2, 0) is 0 Å². The molecule has 5 heteroatoms. The molecule has 0 bridgehead atoms. The van der Waals surface area contributed by atoms with Crippen molar-refractivity contribution in [3.63, 3.8) is 0 Å². The average Bonchev–Trinajstić information content (AvgIpc) is 2.62. The molecule has 0 saturated carbocycles. The molecule has 25 heavy (non-hydrogen) atoms. The number of rotatable bonds is 8. The van der Waals surface area contributed by atoms with Crippen molar-refractivity contribution < 1.29 is 14.6 Å². The fourth-order valence-electron chi connectivity index (χ4n) is 2.55. The van der Waals surface area contributed by atoms with E-state index >= 15 is 0 Å².